The van der Waals surface area contributed by atoms with Crippen molar-refractivity contribution in [1.82, 2.24) is 0 Å². The fraction of sp³-hybridized carbons (Fsp3) is 0.217. The van der Waals surface area contributed by atoms with E-state index in [1.165, 1.54) is 16.8 Å². The third-order valence-electron chi connectivity index (χ3n) is 4.98. The average molecular weight is 345 g/mol. The minimum absolute atomic E-state index is 0.0482. The highest BCUT2D eigenvalue weighted by molar-refractivity contribution is 5.57. The van der Waals surface area contributed by atoms with Crippen molar-refractivity contribution in [3.05, 3.63) is 95.6 Å². The van der Waals surface area contributed by atoms with E-state index in [0.29, 0.717) is 5.92 Å². The van der Waals surface area contributed by atoms with Crippen LogP contribution in [0.3, 0.4) is 0 Å². The SMILES string of the molecule is OCC(Oc1ccc(C2CCNc3ccccc32)cc1)c1ccccc1. The molecule has 1 aliphatic heterocycles. The molecule has 0 saturated carbocycles. The molecular formula is C23H23NO2. The molecule has 0 bridgehead atoms. The maximum Gasteiger partial charge on any atom is 0.147 e. The summed E-state index contributed by atoms with van der Waals surface area (Å²) in [6.07, 6.45) is 0.738. The summed E-state index contributed by atoms with van der Waals surface area (Å²) in [4.78, 5) is 0. The summed E-state index contributed by atoms with van der Waals surface area (Å²) in [5.41, 5.74) is 4.86. The highest BCUT2D eigenvalue weighted by Gasteiger charge is 2.21. The smallest absolute Gasteiger partial charge is 0.147 e. The highest BCUT2D eigenvalue weighted by atomic mass is 16.5. The minimum Gasteiger partial charge on any atom is -0.483 e. The number of para-hydroxylation sites is 1. The Balaban J connectivity index is 1.53. The highest BCUT2D eigenvalue weighted by Crippen LogP contribution is 2.37. The van der Waals surface area contributed by atoms with E-state index in [1.54, 1.807) is 0 Å². The van der Waals surface area contributed by atoms with Gasteiger partial charge in [0.15, 0.2) is 0 Å². The van der Waals surface area contributed by atoms with Gasteiger partial charge in [-0.15, -0.1) is 0 Å². The van der Waals surface area contributed by atoms with Crippen molar-refractivity contribution < 1.29 is 9.84 Å². The number of aliphatic hydroxyl groups excluding tert-OH is 1. The van der Waals surface area contributed by atoms with E-state index in [1.807, 2.05) is 42.5 Å². The first-order valence-corrected chi connectivity index (χ1v) is 9.10. The molecule has 3 aromatic rings. The topological polar surface area (TPSA) is 41.5 Å². The van der Waals surface area contributed by atoms with E-state index in [4.69, 9.17) is 4.74 Å². The van der Waals surface area contributed by atoms with E-state index in [-0.39, 0.29) is 12.7 Å². The lowest BCUT2D eigenvalue weighted by atomic mass is 9.85. The molecule has 0 aliphatic carbocycles. The number of rotatable bonds is 5. The molecule has 2 unspecified atom stereocenters. The molecule has 0 fully saturated rings. The van der Waals surface area contributed by atoms with Crippen LogP contribution in [0.2, 0.25) is 0 Å². The number of ether oxygens (including phenoxy) is 1. The summed E-state index contributed by atoms with van der Waals surface area (Å²) in [5, 5.41) is 13.1. The molecule has 0 saturated heterocycles. The molecule has 2 N–H and O–H groups in total. The van der Waals surface area contributed by atoms with Gasteiger partial charge in [-0.05, 0) is 41.3 Å². The first-order valence-electron chi connectivity index (χ1n) is 9.10. The van der Waals surface area contributed by atoms with Crippen LogP contribution in [0.4, 0.5) is 5.69 Å². The standard InChI is InChI=1S/C23H23NO2/c25-16-23(18-6-2-1-3-7-18)26-19-12-10-17(11-13-19)20-14-15-24-22-9-5-4-8-21(20)22/h1-13,20,23-25H,14-16H2. The summed E-state index contributed by atoms with van der Waals surface area (Å²) in [7, 11) is 0. The molecule has 3 heteroatoms. The van der Waals surface area contributed by atoms with Crippen molar-refractivity contribution in [2.45, 2.75) is 18.4 Å². The molecule has 132 valence electrons. The maximum absolute atomic E-state index is 9.68. The quantitative estimate of drug-likeness (QED) is 0.701. The lowest BCUT2D eigenvalue weighted by Crippen LogP contribution is -2.17. The number of hydrogen-bond acceptors (Lipinski definition) is 3. The Morgan fingerprint density at radius 1 is 0.923 bits per heavy atom. The summed E-state index contributed by atoms with van der Waals surface area (Å²) in [5.74, 6) is 1.18. The zero-order valence-corrected chi connectivity index (χ0v) is 14.6. The zero-order valence-electron chi connectivity index (χ0n) is 14.6. The van der Waals surface area contributed by atoms with E-state index in [2.05, 4.69) is 41.7 Å². The molecular weight excluding hydrogens is 322 g/mol. The van der Waals surface area contributed by atoms with Crippen LogP contribution in [0.25, 0.3) is 0 Å². The Bertz CT molecular complexity index is 846. The predicted molar refractivity (Wildman–Crippen MR) is 105 cm³/mol. The van der Waals surface area contributed by atoms with Gasteiger partial charge >= 0.3 is 0 Å². The fourth-order valence-electron chi connectivity index (χ4n) is 3.64. The second kappa shape index (κ2) is 7.63. The molecule has 0 amide bonds. The Morgan fingerprint density at radius 2 is 1.65 bits per heavy atom. The van der Waals surface area contributed by atoms with Gasteiger partial charge in [0.2, 0.25) is 0 Å². The van der Waals surface area contributed by atoms with Crippen molar-refractivity contribution in [3.8, 4) is 5.75 Å². The molecule has 2 atom stereocenters. The van der Waals surface area contributed by atoms with Crippen molar-refractivity contribution in [2.75, 3.05) is 18.5 Å². The third-order valence-corrected chi connectivity index (χ3v) is 4.98. The van der Waals surface area contributed by atoms with Gasteiger partial charge < -0.3 is 15.2 Å². The van der Waals surface area contributed by atoms with Gasteiger partial charge in [-0.3, -0.25) is 0 Å². The number of nitrogens with one attached hydrogen (secondary N) is 1. The van der Waals surface area contributed by atoms with Gasteiger partial charge in [0, 0.05) is 18.2 Å². The largest absolute Gasteiger partial charge is 0.483 e. The van der Waals surface area contributed by atoms with Gasteiger partial charge in [0.05, 0.1) is 6.61 Å². The van der Waals surface area contributed by atoms with Gasteiger partial charge in [-0.25, -0.2) is 0 Å². The van der Waals surface area contributed by atoms with E-state index in [0.717, 1.165) is 24.3 Å². The lowest BCUT2D eigenvalue weighted by molar-refractivity contribution is 0.116. The van der Waals surface area contributed by atoms with Crippen LogP contribution >= 0.6 is 0 Å². The van der Waals surface area contributed by atoms with Crippen molar-refractivity contribution >= 4 is 5.69 Å². The van der Waals surface area contributed by atoms with Crippen molar-refractivity contribution in [3.63, 3.8) is 0 Å². The van der Waals surface area contributed by atoms with Gasteiger partial charge in [0.25, 0.3) is 0 Å². The van der Waals surface area contributed by atoms with Crippen molar-refractivity contribution in [2.24, 2.45) is 0 Å². The van der Waals surface area contributed by atoms with Crippen LogP contribution in [-0.4, -0.2) is 18.3 Å². The second-order valence-electron chi connectivity index (χ2n) is 6.62. The van der Waals surface area contributed by atoms with Gasteiger partial charge in [0.1, 0.15) is 11.9 Å². The molecule has 0 spiro atoms. The molecule has 1 aliphatic rings. The predicted octanol–water partition coefficient (Wildman–Crippen LogP) is 4.75. The monoisotopic (exact) mass is 345 g/mol. The Morgan fingerprint density at radius 3 is 2.42 bits per heavy atom. The fourth-order valence-corrected chi connectivity index (χ4v) is 3.64. The van der Waals surface area contributed by atoms with Crippen LogP contribution in [-0.2, 0) is 0 Å². The summed E-state index contributed by atoms with van der Waals surface area (Å²) < 4.78 is 6.00. The first-order chi connectivity index (χ1) is 12.8. The van der Waals surface area contributed by atoms with E-state index in [9.17, 15) is 5.11 Å². The van der Waals surface area contributed by atoms with Crippen LogP contribution in [0.5, 0.6) is 5.75 Å². The Kier molecular flexibility index (Phi) is 4.89. The molecule has 3 aromatic carbocycles. The summed E-state index contributed by atoms with van der Waals surface area (Å²) >= 11 is 0. The van der Waals surface area contributed by atoms with Gasteiger partial charge in [-0.1, -0.05) is 60.7 Å². The number of anilines is 1. The number of benzene rings is 3. The molecule has 4 rings (SSSR count). The summed E-state index contributed by atoms with van der Waals surface area (Å²) in [6, 6.07) is 26.6. The minimum atomic E-state index is -0.346. The summed E-state index contributed by atoms with van der Waals surface area (Å²) in [6.45, 7) is 0.938. The Hall–Kier alpha value is -2.78. The molecule has 0 radical (unpaired) electrons. The molecule has 3 nitrogen and oxygen atoms in total. The van der Waals surface area contributed by atoms with Crippen LogP contribution in [0.1, 0.15) is 35.1 Å². The number of fused-ring (bicyclic) bond motifs is 1. The Labute approximate surface area is 154 Å². The number of hydrogen-bond donors (Lipinski definition) is 2. The normalized spacial score (nSPS) is 17.0. The van der Waals surface area contributed by atoms with Crippen LogP contribution in [0.15, 0.2) is 78.9 Å². The lowest BCUT2D eigenvalue weighted by Gasteiger charge is -2.27. The first kappa shape index (κ1) is 16.7. The third kappa shape index (κ3) is 3.44. The van der Waals surface area contributed by atoms with E-state index < -0.39 is 0 Å². The van der Waals surface area contributed by atoms with E-state index >= 15 is 0 Å². The van der Waals surface area contributed by atoms with Gasteiger partial charge in [-0.2, -0.15) is 0 Å². The van der Waals surface area contributed by atoms with Crippen LogP contribution < -0.4 is 10.1 Å². The zero-order chi connectivity index (χ0) is 17.8. The molecule has 1 heterocycles. The maximum atomic E-state index is 9.68. The van der Waals surface area contributed by atoms with Crippen LogP contribution in [0, 0.1) is 0 Å². The number of aliphatic hydroxyl groups is 1. The van der Waals surface area contributed by atoms with Crippen molar-refractivity contribution in [1.29, 1.82) is 0 Å². The average Bonchev–Trinajstić information content (AvgIpc) is 2.73. The molecule has 26 heavy (non-hydrogen) atoms. The second-order valence-corrected chi connectivity index (χ2v) is 6.62. The molecule has 0 aromatic heterocycles.